The molecule has 1 aromatic carbocycles. The number of benzene rings is 1. The van der Waals surface area contributed by atoms with E-state index in [9.17, 15) is 13.2 Å². The van der Waals surface area contributed by atoms with Crippen LogP contribution in [0.4, 0.5) is 0 Å². The number of hydrogen-bond donors (Lipinski definition) is 2. The Morgan fingerprint density at radius 3 is 2.40 bits per heavy atom. The molecular weight excluding hydrogens is 342 g/mol. The van der Waals surface area contributed by atoms with Crippen LogP contribution in [0.15, 0.2) is 29.2 Å². The first-order valence-electron chi connectivity index (χ1n) is 8.64. The van der Waals surface area contributed by atoms with Crippen LogP contribution < -0.4 is 11.1 Å². The lowest BCUT2D eigenvalue weighted by Gasteiger charge is -2.18. The fourth-order valence-corrected chi connectivity index (χ4v) is 4.32. The summed E-state index contributed by atoms with van der Waals surface area (Å²) in [4.78, 5) is 12.4. The van der Waals surface area contributed by atoms with Gasteiger partial charge in [-0.05, 0) is 30.5 Å². The molecule has 1 amide bonds. The van der Waals surface area contributed by atoms with Crippen molar-refractivity contribution in [3.05, 3.63) is 29.8 Å². The van der Waals surface area contributed by atoms with Crippen LogP contribution in [0.1, 0.15) is 32.3 Å². The van der Waals surface area contributed by atoms with Gasteiger partial charge in [0.05, 0.1) is 11.0 Å². The Labute approximate surface area is 149 Å². The van der Waals surface area contributed by atoms with Gasteiger partial charge in [-0.2, -0.15) is 4.31 Å². The molecule has 0 aliphatic carbocycles. The van der Waals surface area contributed by atoms with Crippen LogP contribution >= 0.6 is 0 Å². The number of carbonyl (C=O) groups is 1. The highest BCUT2D eigenvalue weighted by Crippen LogP contribution is 2.19. The van der Waals surface area contributed by atoms with E-state index in [4.69, 9.17) is 10.5 Å². The Hall–Kier alpha value is -1.48. The standard InChI is InChI=1S/C17H27N3O4S/c1-3-20(4-2)25(22,23)15-8-5-13(6-9-15)12-19-17(21)16-10-7-14(11-18)24-16/h5-6,8-9,14,16H,3-4,7,10-12,18H2,1-2H3,(H,19,21)/t14-,16+/m1/s1. The van der Waals surface area contributed by atoms with Crippen LogP contribution in [0.25, 0.3) is 0 Å². The fraction of sp³-hybridized carbons (Fsp3) is 0.588. The average molecular weight is 369 g/mol. The van der Waals surface area contributed by atoms with E-state index in [0.29, 0.717) is 32.6 Å². The van der Waals surface area contributed by atoms with Gasteiger partial charge in [0.15, 0.2) is 0 Å². The summed E-state index contributed by atoms with van der Waals surface area (Å²) in [7, 11) is -3.46. The maximum absolute atomic E-state index is 12.4. The molecule has 1 aromatic rings. The van der Waals surface area contributed by atoms with Crippen LogP contribution in [-0.4, -0.2) is 50.5 Å². The van der Waals surface area contributed by atoms with Gasteiger partial charge in [-0.25, -0.2) is 8.42 Å². The van der Waals surface area contributed by atoms with Gasteiger partial charge >= 0.3 is 0 Å². The number of amides is 1. The maximum atomic E-state index is 12.4. The van der Waals surface area contributed by atoms with Gasteiger partial charge in [0, 0.05) is 26.2 Å². The Morgan fingerprint density at radius 1 is 1.24 bits per heavy atom. The van der Waals surface area contributed by atoms with E-state index < -0.39 is 16.1 Å². The third kappa shape index (κ3) is 4.78. The fourth-order valence-electron chi connectivity index (χ4n) is 2.87. The van der Waals surface area contributed by atoms with Crippen molar-refractivity contribution in [3.8, 4) is 0 Å². The van der Waals surface area contributed by atoms with E-state index in [1.165, 1.54) is 4.31 Å². The summed E-state index contributed by atoms with van der Waals surface area (Å²) in [6.07, 6.45) is 0.984. The number of sulfonamides is 1. The predicted octanol–water partition coefficient (Wildman–Crippen LogP) is 0.840. The van der Waals surface area contributed by atoms with Gasteiger partial charge in [0.25, 0.3) is 0 Å². The zero-order valence-corrected chi connectivity index (χ0v) is 15.6. The van der Waals surface area contributed by atoms with Crippen LogP contribution in [-0.2, 0) is 26.1 Å². The molecule has 1 fully saturated rings. The first-order valence-corrected chi connectivity index (χ1v) is 10.1. The van der Waals surface area contributed by atoms with Crippen molar-refractivity contribution >= 4 is 15.9 Å². The van der Waals surface area contributed by atoms with E-state index in [2.05, 4.69) is 5.32 Å². The minimum Gasteiger partial charge on any atom is -0.364 e. The van der Waals surface area contributed by atoms with Crippen molar-refractivity contribution in [2.45, 2.75) is 50.3 Å². The van der Waals surface area contributed by atoms with E-state index in [1.807, 2.05) is 13.8 Å². The molecule has 2 rings (SSSR count). The molecule has 3 N–H and O–H groups in total. The summed E-state index contributed by atoms with van der Waals surface area (Å²) in [6, 6.07) is 6.58. The van der Waals surface area contributed by atoms with Crippen LogP contribution in [0.2, 0.25) is 0 Å². The molecule has 25 heavy (non-hydrogen) atoms. The summed E-state index contributed by atoms with van der Waals surface area (Å²) in [5, 5.41) is 2.82. The minimum atomic E-state index is -3.46. The Kier molecular flexibility index (Phi) is 6.95. The second-order valence-electron chi connectivity index (χ2n) is 6.01. The molecule has 1 aliphatic heterocycles. The molecule has 0 bridgehead atoms. The van der Waals surface area contributed by atoms with Gasteiger partial charge in [0.1, 0.15) is 6.10 Å². The monoisotopic (exact) mass is 369 g/mol. The molecule has 7 nitrogen and oxygen atoms in total. The third-order valence-electron chi connectivity index (χ3n) is 4.40. The van der Waals surface area contributed by atoms with Crippen molar-refractivity contribution in [3.63, 3.8) is 0 Å². The van der Waals surface area contributed by atoms with Gasteiger partial charge in [-0.1, -0.05) is 26.0 Å². The second kappa shape index (κ2) is 8.75. The Balaban J connectivity index is 1.93. The van der Waals surface area contributed by atoms with Crippen molar-refractivity contribution in [1.82, 2.24) is 9.62 Å². The lowest BCUT2D eigenvalue weighted by molar-refractivity contribution is -0.132. The zero-order valence-electron chi connectivity index (χ0n) is 14.8. The smallest absolute Gasteiger partial charge is 0.249 e. The zero-order chi connectivity index (χ0) is 18.4. The molecule has 8 heteroatoms. The lowest BCUT2D eigenvalue weighted by Crippen LogP contribution is -2.35. The number of hydrogen-bond acceptors (Lipinski definition) is 5. The van der Waals surface area contributed by atoms with Crippen molar-refractivity contribution < 1.29 is 17.9 Å². The molecule has 140 valence electrons. The summed E-state index contributed by atoms with van der Waals surface area (Å²) < 4.78 is 31.8. The highest BCUT2D eigenvalue weighted by atomic mass is 32.2. The van der Waals surface area contributed by atoms with Crippen LogP contribution in [0.5, 0.6) is 0 Å². The van der Waals surface area contributed by atoms with Gasteiger partial charge in [-0.3, -0.25) is 4.79 Å². The van der Waals surface area contributed by atoms with E-state index in [-0.39, 0.29) is 16.9 Å². The predicted molar refractivity (Wildman–Crippen MR) is 95.3 cm³/mol. The first-order chi connectivity index (χ1) is 11.9. The van der Waals surface area contributed by atoms with Crippen molar-refractivity contribution in [1.29, 1.82) is 0 Å². The van der Waals surface area contributed by atoms with Gasteiger partial charge in [-0.15, -0.1) is 0 Å². The van der Waals surface area contributed by atoms with E-state index in [0.717, 1.165) is 12.0 Å². The topological polar surface area (TPSA) is 102 Å². The number of nitrogens with two attached hydrogens (primary N) is 1. The highest BCUT2D eigenvalue weighted by molar-refractivity contribution is 7.89. The maximum Gasteiger partial charge on any atom is 0.249 e. The largest absolute Gasteiger partial charge is 0.364 e. The number of ether oxygens (including phenoxy) is 1. The van der Waals surface area contributed by atoms with Gasteiger partial charge < -0.3 is 15.8 Å². The van der Waals surface area contributed by atoms with Crippen LogP contribution in [0, 0.1) is 0 Å². The summed E-state index contributed by atoms with van der Waals surface area (Å²) in [6.45, 7) is 5.24. The van der Waals surface area contributed by atoms with Crippen LogP contribution in [0.3, 0.4) is 0 Å². The number of nitrogens with one attached hydrogen (secondary N) is 1. The molecule has 0 unspecified atom stereocenters. The first kappa shape index (κ1) is 19.8. The quantitative estimate of drug-likeness (QED) is 0.707. The molecule has 1 heterocycles. The SMILES string of the molecule is CCN(CC)S(=O)(=O)c1ccc(CNC(=O)[C@@H]2CC[C@H](CN)O2)cc1. The third-order valence-corrected chi connectivity index (χ3v) is 6.46. The van der Waals surface area contributed by atoms with Gasteiger partial charge in [0.2, 0.25) is 15.9 Å². The second-order valence-corrected chi connectivity index (χ2v) is 7.95. The molecule has 1 saturated heterocycles. The summed E-state index contributed by atoms with van der Waals surface area (Å²) in [5.74, 6) is -0.157. The van der Waals surface area contributed by atoms with E-state index in [1.54, 1.807) is 24.3 Å². The number of nitrogens with zero attached hydrogens (tertiary/aromatic N) is 1. The Bertz CT molecular complexity index is 672. The molecule has 0 radical (unpaired) electrons. The molecule has 0 saturated carbocycles. The minimum absolute atomic E-state index is 0.0414. The highest BCUT2D eigenvalue weighted by Gasteiger charge is 2.29. The normalized spacial score (nSPS) is 20.8. The number of rotatable bonds is 8. The summed E-state index contributed by atoms with van der Waals surface area (Å²) >= 11 is 0. The molecule has 2 atom stereocenters. The molecule has 0 aromatic heterocycles. The molecular formula is C17H27N3O4S. The lowest BCUT2D eigenvalue weighted by atomic mass is 10.2. The van der Waals surface area contributed by atoms with Crippen molar-refractivity contribution in [2.75, 3.05) is 19.6 Å². The molecule has 0 spiro atoms. The number of carbonyl (C=O) groups excluding carboxylic acids is 1. The Morgan fingerprint density at radius 2 is 1.88 bits per heavy atom. The average Bonchev–Trinajstić information content (AvgIpc) is 3.10. The summed E-state index contributed by atoms with van der Waals surface area (Å²) in [5.41, 5.74) is 6.38. The van der Waals surface area contributed by atoms with Crippen molar-refractivity contribution in [2.24, 2.45) is 5.73 Å². The van der Waals surface area contributed by atoms with E-state index >= 15 is 0 Å². The molecule has 1 aliphatic rings.